The number of nitrogens with zero attached hydrogens (tertiary/aromatic N) is 2. The Kier molecular flexibility index (Phi) is 4.25. The van der Waals surface area contributed by atoms with Gasteiger partial charge < -0.3 is 24.1 Å². The zero-order chi connectivity index (χ0) is 20.1. The highest BCUT2D eigenvalue weighted by molar-refractivity contribution is 6.01. The van der Waals surface area contributed by atoms with Gasteiger partial charge in [-0.15, -0.1) is 0 Å². The van der Waals surface area contributed by atoms with E-state index in [0.717, 1.165) is 23.5 Å². The van der Waals surface area contributed by atoms with Crippen molar-refractivity contribution in [2.24, 2.45) is 0 Å². The maximum Gasteiger partial charge on any atom is 0.258 e. The Morgan fingerprint density at radius 3 is 2.45 bits per heavy atom. The number of benzene rings is 2. The molecule has 0 saturated heterocycles. The monoisotopic (exact) mass is 396 g/mol. The van der Waals surface area contributed by atoms with E-state index in [1.807, 2.05) is 23.6 Å². The summed E-state index contributed by atoms with van der Waals surface area (Å²) in [5, 5.41) is 10.7. The summed E-state index contributed by atoms with van der Waals surface area (Å²) >= 11 is 0. The minimum absolute atomic E-state index is 0.0872. The highest BCUT2D eigenvalue weighted by Crippen LogP contribution is 2.40. The summed E-state index contributed by atoms with van der Waals surface area (Å²) in [5.74, 6) is 2.12. The van der Waals surface area contributed by atoms with E-state index in [0.29, 0.717) is 29.2 Å². The van der Waals surface area contributed by atoms with Crippen molar-refractivity contribution in [2.45, 2.75) is 6.42 Å². The van der Waals surface area contributed by atoms with Gasteiger partial charge in [0.05, 0.1) is 33.0 Å². The summed E-state index contributed by atoms with van der Waals surface area (Å²) in [5.41, 5.74) is 3.02. The van der Waals surface area contributed by atoms with Gasteiger partial charge in [0.2, 0.25) is 13.0 Å². The molecule has 0 bridgehead atoms. The fraction of sp³-hybridized carbons (Fsp3) is 0.286. The molecule has 3 heterocycles. The van der Waals surface area contributed by atoms with Crippen molar-refractivity contribution in [3.05, 3.63) is 59.3 Å². The molecule has 1 N–H and O–H groups in total. The number of hydrogen-bond acceptors (Lipinski definition) is 7. The highest BCUT2D eigenvalue weighted by atomic mass is 16.7. The van der Waals surface area contributed by atoms with Crippen LogP contribution in [0, 0.1) is 12.8 Å². The predicted octanol–water partition coefficient (Wildman–Crippen LogP) is 2.12. The summed E-state index contributed by atoms with van der Waals surface area (Å²) in [4.78, 5) is 16.3. The van der Waals surface area contributed by atoms with Crippen molar-refractivity contribution < 1.29 is 28.8 Å². The average molecular weight is 396 g/mol. The van der Waals surface area contributed by atoms with Gasteiger partial charge in [-0.2, -0.15) is 0 Å². The van der Waals surface area contributed by atoms with Gasteiger partial charge in [-0.25, -0.2) is 0 Å². The number of amides is 1. The summed E-state index contributed by atoms with van der Waals surface area (Å²) < 4.78 is 21.5. The van der Waals surface area contributed by atoms with Gasteiger partial charge >= 0.3 is 0 Å². The van der Waals surface area contributed by atoms with E-state index in [1.54, 1.807) is 12.1 Å². The van der Waals surface area contributed by atoms with E-state index < -0.39 is 0 Å². The third-order valence-corrected chi connectivity index (χ3v) is 5.44. The number of carbonyl (C=O) groups excluding carboxylic acids is 1. The molecule has 0 unspecified atom stereocenters. The molecule has 0 spiro atoms. The van der Waals surface area contributed by atoms with Crippen LogP contribution in [0.2, 0.25) is 0 Å². The Morgan fingerprint density at radius 1 is 1.03 bits per heavy atom. The molecule has 8 nitrogen and oxygen atoms in total. The van der Waals surface area contributed by atoms with E-state index in [2.05, 4.69) is 0 Å². The molecule has 2 aromatic carbocycles. The van der Waals surface area contributed by atoms with Crippen molar-refractivity contribution in [3.8, 4) is 23.0 Å². The second-order valence-corrected chi connectivity index (χ2v) is 7.05. The summed E-state index contributed by atoms with van der Waals surface area (Å²) in [6, 6.07) is 7.17. The van der Waals surface area contributed by atoms with E-state index in [1.165, 1.54) is 24.7 Å². The van der Waals surface area contributed by atoms with Crippen LogP contribution in [0.1, 0.15) is 27.0 Å². The Balaban J connectivity index is 1.36. The second kappa shape index (κ2) is 6.82. The number of ether oxygens (including phenoxy) is 4. The minimum atomic E-state index is -0.275. The van der Waals surface area contributed by atoms with E-state index in [-0.39, 0.29) is 25.6 Å². The summed E-state index contributed by atoms with van der Waals surface area (Å²) in [7, 11) is 3.03. The molecule has 5 rings (SSSR count). The maximum atomic E-state index is 12.9. The molecular weight excluding hydrogens is 376 g/mol. The first kappa shape index (κ1) is 18.1. The fourth-order valence-corrected chi connectivity index (χ4v) is 3.91. The lowest BCUT2D eigenvalue weighted by Gasteiger charge is -2.32. The molecule has 8 heteroatoms. The van der Waals surface area contributed by atoms with Crippen LogP contribution >= 0.6 is 0 Å². The largest absolute Gasteiger partial charge is 0.493 e. The zero-order valence-corrected chi connectivity index (χ0v) is 16.1. The molecule has 3 aliphatic rings. The Morgan fingerprint density at radius 2 is 1.72 bits per heavy atom. The van der Waals surface area contributed by atoms with Gasteiger partial charge in [0.1, 0.15) is 0 Å². The molecule has 150 valence electrons. The van der Waals surface area contributed by atoms with Crippen molar-refractivity contribution in [2.75, 3.05) is 34.2 Å². The van der Waals surface area contributed by atoms with Crippen LogP contribution in [0.4, 0.5) is 0 Å². The van der Waals surface area contributed by atoms with Crippen molar-refractivity contribution in [1.82, 2.24) is 9.80 Å². The van der Waals surface area contributed by atoms with Gasteiger partial charge in [-0.3, -0.25) is 14.6 Å². The molecule has 2 aromatic rings. The number of fused-ring (bicyclic) bond motifs is 3. The van der Waals surface area contributed by atoms with E-state index >= 15 is 0 Å². The van der Waals surface area contributed by atoms with Crippen molar-refractivity contribution in [3.63, 3.8) is 0 Å². The van der Waals surface area contributed by atoms with Gasteiger partial charge in [0.25, 0.3) is 5.91 Å². The first-order valence-electron chi connectivity index (χ1n) is 9.24. The van der Waals surface area contributed by atoms with Crippen LogP contribution in [-0.2, 0) is 6.42 Å². The molecule has 2 radical (unpaired) electrons. The lowest BCUT2D eigenvalue weighted by molar-refractivity contribution is 0.0546. The Hall–Kier alpha value is -2.97. The predicted molar refractivity (Wildman–Crippen MR) is 101 cm³/mol. The summed E-state index contributed by atoms with van der Waals surface area (Å²) in [6.07, 6.45) is 0.718. The average Bonchev–Trinajstić information content (AvgIpc) is 3.28. The van der Waals surface area contributed by atoms with Gasteiger partial charge in [-0.05, 0) is 41.8 Å². The number of methoxy groups -OCH3 is 2. The zero-order valence-electron chi connectivity index (χ0n) is 16.1. The molecule has 1 amide bonds. The van der Waals surface area contributed by atoms with Crippen molar-refractivity contribution in [1.29, 1.82) is 0 Å². The highest BCUT2D eigenvalue weighted by Gasteiger charge is 2.39. The standard InChI is InChI=1S/C21H20N2O6/c1-26-16-7-14-15(8-17(16)27-2)21(25)23(20(14)24)10-22-4-3-12-5-18-19(29-11-28-18)6-13(12)9-22/h5-9,24H,3-4,10-11H2,1-2H3. The van der Waals surface area contributed by atoms with E-state index in [9.17, 15) is 9.90 Å². The van der Waals surface area contributed by atoms with E-state index in [4.69, 9.17) is 18.9 Å². The Labute approximate surface area is 168 Å². The molecule has 0 atom stereocenters. The van der Waals surface area contributed by atoms with Crippen LogP contribution in [0.3, 0.4) is 0 Å². The topological polar surface area (TPSA) is 80.7 Å². The normalized spacial score (nSPS) is 18.0. The molecule has 29 heavy (non-hydrogen) atoms. The minimum Gasteiger partial charge on any atom is -0.493 e. The van der Waals surface area contributed by atoms with Crippen LogP contribution in [0.25, 0.3) is 0 Å². The number of rotatable bonds is 4. The fourth-order valence-electron chi connectivity index (χ4n) is 3.91. The lowest BCUT2D eigenvalue weighted by atomic mass is 9.99. The van der Waals surface area contributed by atoms with Crippen LogP contribution in [-0.4, -0.2) is 55.0 Å². The molecule has 0 aromatic heterocycles. The van der Waals surface area contributed by atoms with Gasteiger partial charge in [-0.1, -0.05) is 0 Å². The molecule has 0 aliphatic carbocycles. The van der Waals surface area contributed by atoms with Crippen LogP contribution in [0.15, 0.2) is 24.3 Å². The first-order chi connectivity index (χ1) is 14.1. The number of aliphatic hydroxyl groups is 1. The summed E-state index contributed by atoms with van der Waals surface area (Å²) in [6.45, 7) is 3.16. The third-order valence-electron chi connectivity index (χ3n) is 5.44. The SMILES string of the molecule is COc1cc2c(cc1OC)C(=O)N(CN1[CH]c3cc4c(cc3CC1)OCO4)[C]2O. The quantitative estimate of drug-likeness (QED) is 0.848. The third kappa shape index (κ3) is 2.87. The molecule has 0 fully saturated rings. The van der Waals surface area contributed by atoms with Crippen LogP contribution in [0.5, 0.6) is 23.0 Å². The Bertz CT molecular complexity index is 992. The number of aliphatic hydroxyl groups excluding tert-OH is 1. The lowest BCUT2D eigenvalue weighted by Crippen LogP contribution is -2.41. The van der Waals surface area contributed by atoms with Crippen molar-refractivity contribution >= 4 is 5.91 Å². The second-order valence-electron chi connectivity index (χ2n) is 7.05. The number of hydrogen-bond donors (Lipinski definition) is 1. The van der Waals surface area contributed by atoms with Gasteiger partial charge in [0.15, 0.2) is 23.0 Å². The maximum absolute atomic E-state index is 12.9. The van der Waals surface area contributed by atoms with Crippen LogP contribution < -0.4 is 18.9 Å². The molecular formula is C21H20N2O6. The molecule has 3 aliphatic heterocycles. The molecule has 0 saturated carbocycles. The smallest absolute Gasteiger partial charge is 0.258 e. The number of carbonyl (C=O) groups is 1. The first-order valence-corrected chi connectivity index (χ1v) is 9.24. The van der Waals surface area contributed by atoms with Gasteiger partial charge in [0, 0.05) is 12.1 Å².